The van der Waals surface area contributed by atoms with Crippen LogP contribution in [0.1, 0.15) is 0 Å². The normalized spacial score (nSPS) is 11.9. The molecule has 0 atom stereocenters. The third-order valence-electron chi connectivity index (χ3n) is 5.83. The monoisotopic (exact) mass is 450 g/mol. The summed E-state index contributed by atoms with van der Waals surface area (Å²) in [6, 6.07) is 17.6. The maximum atomic E-state index is 4.37. The SMILES string of the molecule is c1cncc(-c2cc3c4cc(-c5cccnc5)c5ccsc5c4sc3c3sccc23)c1. The average Bonchev–Trinajstić information content (AvgIpc) is 3.56. The molecule has 31 heavy (non-hydrogen) atoms. The number of thiophene rings is 3. The van der Waals surface area contributed by atoms with E-state index in [9.17, 15) is 0 Å². The van der Waals surface area contributed by atoms with Crippen LogP contribution in [-0.4, -0.2) is 9.97 Å². The molecule has 2 nitrogen and oxygen atoms in total. The summed E-state index contributed by atoms with van der Waals surface area (Å²) in [5.41, 5.74) is 4.84. The van der Waals surface area contributed by atoms with Gasteiger partial charge in [-0.1, -0.05) is 12.1 Å². The molecule has 0 aliphatic carbocycles. The fourth-order valence-corrected chi connectivity index (χ4v) is 7.87. The van der Waals surface area contributed by atoms with Crippen LogP contribution >= 0.6 is 34.0 Å². The Morgan fingerprint density at radius 1 is 0.548 bits per heavy atom. The van der Waals surface area contributed by atoms with Crippen molar-refractivity contribution in [2.24, 2.45) is 0 Å². The van der Waals surface area contributed by atoms with E-state index in [4.69, 9.17) is 0 Å². The zero-order chi connectivity index (χ0) is 20.4. The van der Waals surface area contributed by atoms with Gasteiger partial charge in [-0.25, -0.2) is 0 Å². The van der Waals surface area contributed by atoms with E-state index in [1.807, 2.05) is 70.9 Å². The van der Waals surface area contributed by atoms with Gasteiger partial charge >= 0.3 is 0 Å². The Morgan fingerprint density at radius 2 is 1.06 bits per heavy atom. The molecule has 7 rings (SSSR count). The molecule has 5 heterocycles. The van der Waals surface area contributed by atoms with Crippen LogP contribution in [-0.2, 0) is 0 Å². The molecule has 0 fully saturated rings. The van der Waals surface area contributed by atoms with Gasteiger partial charge < -0.3 is 0 Å². The van der Waals surface area contributed by atoms with E-state index in [0.717, 1.165) is 11.1 Å². The Kier molecular flexibility index (Phi) is 3.79. The number of hydrogen-bond acceptors (Lipinski definition) is 5. The van der Waals surface area contributed by atoms with Gasteiger partial charge in [-0.3, -0.25) is 9.97 Å². The summed E-state index contributed by atoms with van der Waals surface area (Å²) in [6.45, 7) is 0. The lowest BCUT2D eigenvalue weighted by Gasteiger charge is -2.07. The third-order valence-corrected chi connectivity index (χ3v) is 9.21. The van der Waals surface area contributed by atoms with Gasteiger partial charge in [-0.05, 0) is 58.3 Å². The van der Waals surface area contributed by atoms with E-state index in [2.05, 4.69) is 57.1 Å². The maximum absolute atomic E-state index is 4.37. The number of rotatable bonds is 2. The Bertz CT molecular complexity index is 1600. The molecule has 0 unspecified atom stereocenters. The Hall–Kier alpha value is -3.12. The lowest BCUT2D eigenvalue weighted by atomic mass is 9.98. The number of nitrogens with zero attached hydrogens (tertiary/aromatic N) is 2. The van der Waals surface area contributed by atoms with E-state index in [-0.39, 0.29) is 0 Å². The summed E-state index contributed by atoms with van der Waals surface area (Å²) in [5, 5.41) is 9.69. The minimum atomic E-state index is 1.16. The van der Waals surface area contributed by atoms with Gasteiger partial charge in [0, 0.05) is 57.5 Å². The van der Waals surface area contributed by atoms with E-state index in [0.29, 0.717) is 0 Å². The molecule has 146 valence electrons. The first-order valence-electron chi connectivity index (χ1n) is 9.96. The van der Waals surface area contributed by atoms with Crippen molar-refractivity contribution in [1.82, 2.24) is 9.97 Å². The van der Waals surface area contributed by atoms with Crippen molar-refractivity contribution >= 4 is 74.4 Å². The van der Waals surface area contributed by atoms with Crippen LogP contribution < -0.4 is 0 Å². The minimum absolute atomic E-state index is 1.16. The summed E-state index contributed by atoms with van der Waals surface area (Å²) < 4.78 is 5.49. The highest BCUT2D eigenvalue weighted by molar-refractivity contribution is 7.33. The van der Waals surface area contributed by atoms with Crippen LogP contribution in [0.15, 0.2) is 84.1 Å². The van der Waals surface area contributed by atoms with Gasteiger partial charge in [0.15, 0.2) is 0 Å². The number of hydrogen-bond donors (Lipinski definition) is 0. The van der Waals surface area contributed by atoms with Gasteiger partial charge in [0.1, 0.15) is 0 Å². The maximum Gasteiger partial charge on any atom is 0.0534 e. The van der Waals surface area contributed by atoms with Crippen LogP contribution in [0.25, 0.3) is 62.6 Å². The van der Waals surface area contributed by atoms with Gasteiger partial charge in [0.2, 0.25) is 0 Å². The van der Waals surface area contributed by atoms with Crippen LogP contribution in [0.3, 0.4) is 0 Å². The summed E-state index contributed by atoms with van der Waals surface area (Å²) in [4.78, 5) is 8.74. The van der Waals surface area contributed by atoms with E-state index in [1.165, 1.54) is 51.5 Å². The predicted molar refractivity (Wildman–Crippen MR) is 137 cm³/mol. The first-order valence-corrected chi connectivity index (χ1v) is 12.5. The molecule has 5 aromatic heterocycles. The fraction of sp³-hybridized carbons (Fsp3) is 0. The second-order valence-electron chi connectivity index (χ2n) is 7.51. The molecule has 5 heteroatoms. The number of aromatic nitrogens is 2. The molecular formula is C26H14N2S3. The topological polar surface area (TPSA) is 25.8 Å². The number of benzene rings is 2. The summed E-state index contributed by atoms with van der Waals surface area (Å²) in [7, 11) is 0. The van der Waals surface area contributed by atoms with Crippen molar-refractivity contribution in [2.45, 2.75) is 0 Å². The lowest BCUT2D eigenvalue weighted by molar-refractivity contribution is 1.33. The Morgan fingerprint density at radius 3 is 1.52 bits per heavy atom. The largest absolute Gasteiger partial charge is 0.264 e. The lowest BCUT2D eigenvalue weighted by Crippen LogP contribution is -1.82. The van der Waals surface area contributed by atoms with Crippen LogP contribution in [0.4, 0.5) is 0 Å². The van der Waals surface area contributed by atoms with Crippen molar-refractivity contribution < 1.29 is 0 Å². The van der Waals surface area contributed by atoms with E-state index >= 15 is 0 Å². The van der Waals surface area contributed by atoms with Crippen molar-refractivity contribution in [1.29, 1.82) is 0 Å². The number of fused-ring (bicyclic) bond motifs is 7. The zero-order valence-electron chi connectivity index (χ0n) is 16.2. The van der Waals surface area contributed by atoms with Crippen LogP contribution in [0, 0.1) is 0 Å². The Balaban J connectivity index is 1.66. The molecule has 0 aliphatic rings. The third kappa shape index (κ3) is 2.54. The summed E-state index contributed by atoms with van der Waals surface area (Å²) >= 11 is 5.59. The van der Waals surface area contributed by atoms with Crippen LogP contribution in [0.5, 0.6) is 0 Å². The molecule has 0 amide bonds. The fourth-order valence-electron chi connectivity index (χ4n) is 4.44. The summed E-state index contributed by atoms with van der Waals surface area (Å²) in [5.74, 6) is 0. The quantitative estimate of drug-likeness (QED) is 0.263. The average molecular weight is 451 g/mol. The molecule has 2 aromatic carbocycles. The highest BCUT2D eigenvalue weighted by Gasteiger charge is 2.18. The Labute approximate surface area is 190 Å². The van der Waals surface area contributed by atoms with Crippen LogP contribution in [0.2, 0.25) is 0 Å². The van der Waals surface area contributed by atoms with E-state index in [1.54, 1.807) is 0 Å². The van der Waals surface area contributed by atoms with Crippen molar-refractivity contribution in [2.75, 3.05) is 0 Å². The van der Waals surface area contributed by atoms with Gasteiger partial charge in [0.25, 0.3) is 0 Å². The molecule has 0 spiro atoms. The smallest absolute Gasteiger partial charge is 0.0534 e. The number of pyridine rings is 2. The predicted octanol–water partition coefficient (Wildman–Crippen LogP) is 8.61. The molecule has 0 saturated carbocycles. The minimum Gasteiger partial charge on any atom is -0.264 e. The first-order chi connectivity index (χ1) is 15.4. The van der Waals surface area contributed by atoms with Crippen molar-refractivity contribution in [3.8, 4) is 22.3 Å². The van der Waals surface area contributed by atoms with Crippen molar-refractivity contribution in [3.05, 3.63) is 84.1 Å². The highest BCUT2D eigenvalue weighted by Crippen LogP contribution is 2.49. The highest BCUT2D eigenvalue weighted by atomic mass is 32.1. The van der Waals surface area contributed by atoms with Gasteiger partial charge in [0.05, 0.1) is 18.8 Å². The molecule has 0 aliphatic heterocycles. The molecule has 0 radical (unpaired) electrons. The molecule has 0 saturated heterocycles. The van der Waals surface area contributed by atoms with E-state index < -0.39 is 0 Å². The summed E-state index contributed by atoms with van der Waals surface area (Å²) in [6.07, 6.45) is 7.60. The molecule has 0 bridgehead atoms. The first kappa shape index (κ1) is 17.5. The zero-order valence-corrected chi connectivity index (χ0v) is 18.7. The second kappa shape index (κ2) is 6.69. The second-order valence-corrected chi connectivity index (χ2v) is 10.4. The van der Waals surface area contributed by atoms with Crippen molar-refractivity contribution in [3.63, 3.8) is 0 Å². The van der Waals surface area contributed by atoms with Gasteiger partial charge in [-0.2, -0.15) is 0 Å². The molecular weight excluding hydrogens is 437 g/mol. The standard InChI is InChI=1S/C26H14N2S3/c1-3-15(13-27-7-1)19-11-21-22-12-20(16-4-2-8-28-14-16)18-6-10-30-24(18)26(22)31-25(21)23-17(19)5-9-29-23/h1-14H. The molecule has 0 N–H and O–H groups in total. The molecule has 7 aromatic rings. The van der Waals surface area contributed by atoms with Gasteiger partial charge in [-0.15, -0.1) is 34.0 Å².